The first-order valence-corrected chi connectivity index (χ1v) is 8.61. The van der Waals surface area contributed by atoms with E-state index in [9.17, 15) is 4.79 Å². The van der Waals surface area contributed by atoms with Gasteiger partial charge in [-0.1, -0.05) is 29.9 Å². The molecule has 6 nitrogen and oxygen atoms in total. The zero-order valence-electron chi connectivity index (χ0n) is 16.4. The summed E-state index contributed by atoms with van der Waals surface area (Å²) in [5.74, 6) is 1.51. The lowest BCUT2D eigenvalue weighted by molar-refractivity contribution is -0.118. The zero-order chi connectivity index (χ0) is 20.1. The average Bonchev–Trinajstić information content (AvgIpc) is 2.67. The molecule has 1 aromatic carbocycles. The minimum Gasteiger partial charge on any atom is -0.493 e. The van der Waals surface area contributed by atoms with Crippen molar-refractivity contribution in [2.24, 2.45) is 10.7 Å². The number of nitrogens with two attached hydrogens (primary N) is 1. The Balaban J connectivity index is 2.67. The predicted octanol–water partition coefficient (Wildman–Crippen LogP) is 3.56. The monoisotopic (exact) mass is 372 g/mol. The van der Waals surface area contributed by atoms with E-state index in [0.29, 0.717) is 36.6 Å². The fourth-order valence-corrected chi connectivity index (χ4v) is 2.22. The molecular weight excluding hydrogens is 344 g/mol. The van der Waals surface area contributed by atoms with Gasteiger partial charge in [0.2, 0.25) is 11.7 Å². The predicted molar refractivity (Wildman–Crippen MR) is 110 cm³/mol. The third kappa shape index (κ3) is 8.27. The molecule has 0 radical (unpaired) electrons. The van der Waals surface area contributed by atoms with E-state index in [0.717, 1.165) is 11.1 Å². The van der Waals surface area contributed by atoms with Gasteiger partial charge < -0.3 is 19.9 Å². The SMILES string of the molecule is COc1cc(/C=C/C(C)=C/C=C\C=NCCCC(N)=O)cc(OC)c1OC. The average molecular weight is 372 g/mol. The van der Waals surface area contributed by atoms with E-state index in [4.69, 9.17) is 19.9 Å². The largest absolute Gasteiger partial charge is 0.493 e. The quantitative estimate of drug-likeness (QED) is 0.366. The standard InChI is InChI=1S/C21H28N2O4/c1-16(8-5-6-12-23-13-7-9-20(22)24)10-11-17-14-18(25-2)21(27-4)19(15-17)26-3/h5-6,8,10-12,14-15H,7,9,13H2,1-4H3,(H2,22,24)/b6-5-,11-10+,16-8+,23-12?. The number of carbonyl (C=O) groups is 1. The van der Waals surface area contributed by atoms with Crippen LogP contribution in [0.15, 0.2) is 47.0 Å². The second kappa shape index (κ2) is 12.4. The van der Waals surface area contributed by atoms with Crippen molar-refractivity contribution in [1.29, 1.82) is 0 Å². The molecule has 146 valence electrons. The van der Waals surface area contributed by atoms with Gasteiger partial charge in [0, 0.05) is 19.2 Å². The van der Waals surface area contributed by atoms with Crippen molar-refractivity contribution in [3.63, 3.8) is 0 Å². The number of rotatable bonds is 11. The highest BCUT2D eigenvalue weighted by molar-refractivity contribution is 5.74. The molecule has 2 N–H and O–H groups in total. The number of primary amides is 1. The van der Waals surface area contributed by atoms with Crippen LogP contribution < -0.4 is 19.9 Å². The summed E-state index contributed by atoms with van der Waals surface area (Å²) in [7, 11) is 4.77. The van der Waals surface area contributed by atoms with E-state index in [-0.39, 0.29) is 5.91 Å². The van der Waals surface area contributed by atoms with Gasteiger partial charge >= 0.3 is 0 Å². The van der Waals surface area contributed by atoms with E-state index >= 15 is 0 Å². The summed E-state index contributed by atoms with van der Waals surface area (Å²) < 4.78 is 16.0. The molecule has 0 aliphatic heterocycles. The van der Waals surface area contributed by atoms with Crippen LogP contribution in [0, 0.1) is 0 Å². The molecule has 0 fully saturated rings. The smallest absolute Gasteiger partial charge is 0.217 e. The summed E-state index contributed by atoms with van der Waals surface area (Å²) in [6.07, 6.45) is 12.5. The number of hydrogen-bond donors (Lipinski definition) is 1. The number of ether oxygens (including phenoxy) is 3. The maximum Gasteiger partial charge on any atom is 0.217 e. The Hall–Kier alpha value is -3.02. The molecule has 6 heteroatoms. The molecule has 0 aromatic heterocycles. The van der Waals surface area contributed by atoms with Crippen LogP contribution in [0.3, 0.4) is 0 Å². The number of amides is 1. The van der Waals surface area contributed by atoms with Crippen LogP contribution in [0.4, 0.5) is 0 Å². The van der Waals surface area contributed by atoms with E-state index in [2.05, 4.69) is 4.99 Å². The van der Waals surface area contributed by atoms with Crippen molar-refractivity contribution < 1.29 is 19.0 Å². The van der Waals surface area contributed by atoms with Gasteiger partial charge in [-0.25, -0.2) is 0 Å². The molecule has 0 aliphatic rings. The van der Waals surface area contributed by atoms with Crippen LogP contribution in [0.1, 0.15) is 25.3 Å². The minimum absolute atomic E-state index is 0.293. The molecular formula is C21H28N2O4. The summed E-state index contributed by atoms with van der Waals surface area (Å²) in [6, 6.07) is 3.78. The van der Waals surface area contributed by atoms with Gasteiger partial charge in [0.15, 0.2) is 11.5 Å². The Labute approximate surface area is 161 Å². The number of methoxy groups -OCH3 is 3. The number of nitrogens with zero attached hydrogens (tertiary/aromatic N) is 1. The van der Waals surface area contributed by atoms with Crippen molar-refractivity contribution in [1.82, 2.24) is 0 Å². The van der Waals surface area contributed by atoms with Gasteiger partial charge in [-0.15, -0.1) is 0 Å². The first kappa shape index (κ1) is 22.0. The highest BCUT2D eigenvalue weighted by Gasteiger charge is 2.11. The molecule has 1 amide bonds. The second-order valence-electron chi connectivity index (χ2n) is 5.71. The van der Waals surface area contributed by atoms with Crippen LogP contribution >= 0.6 is 0 Å². The normalized spacial score (nSPS) is 12.2. The van der Waals surface area contributed by atoms with Gasteiger partial charge in [0.05, 0.1) is 21.3 Å². The Bertz CT molecular complexity index is 709. The van der Waals surface area contributed by atoms with Crippen molar-refractivity contribution in [3.8, 4) is 17.2 Å². The molecule has 0 aliphatic carbocycles. The van der Waals surface area contributed by atoms with Crippen LogP contribution in [0.5, 0.6) is 17.2 Å². The van der Waals surface area contributed by atoms with Crippen LogP contribution in [-0.4, -0.2) is 40.0 Å². The van der Waals surface area contributed by atoms with E-state index in [1.807, 2.05) is 49.4 Å². The van der Waals surface area contributed by atoms with E-state index in [1.54, 1.807) is 27.5 Å². The number of benzene rings is 1. The summed E-state index contributed by atoms with van der Waals surface area (Å²) in [6.45, 7) is 2.60. The first-order valence-electron chi connectivity index (χ1n) is 8.61. The number of allylic oxidation sites excluding steroid dienone is 5. The molecule has 1 aromatic rings. The summed E-state index contributed by atoms with van der Waals surface area (Å²) in [5, 5.41) is 0. The summed E-state index contributed by atoms with van der Waals surface area (Å²) in [5.41, 5.74) is 7.08. The minimum atomic E-state index is -0.293. The zero-order valence-corrected chi connectivity index (χ0v) is 16.4. The fourth-order valence-electron chi connectivity index (χ4n) is 2.22. The lowest BCUT2D eigenvalue weighted by Gasteiger charge is -2.12. The Kier molecular flexibility index (Phi) is 10.1. The molecule has 1 rings (SSSR count). The van der Waals surface area contributed by atoms with Crippen LogP contribution in [0.2, 0.25) is 0 Å². The lowest BCUT2D eigenvalue weighted by Crippen LogP contribution is -2.10. The van der Waals surface area contributed by atoms with Gasteiger partial charge in [0.25, 0.3) is 0 Å². The summed E-state index contributed by atoms with van der Waals surface area (Å²) in [4.78, 5) is 14.8. The lowest BCUT2D eigenvalue weighted by atomic mass is 10.1. The molecule has 27 heavy (non-hydrogen) atoms. The Morgan fingerprint density at radius 1 is 1.11 bits per heavy atom. The number of aliphatic imine (C=N–C) groups is 1. The number of hydrogen-bond acceptors (Lipinski definition) is 5. The highest BCUT2D eigenvalue weighted by atomic mass is 16.5. The third-order valence-electron chi connectivity index (χ3n) is 3.60. The Morgan fingerprint density at radius 2 is 1.78 bits per heavy atom. The maximum atomic E-state index is 10.6. The van der Waals surface area contributed by atoms with Crippen LogP contribution in [-0.2, 0) is 4.79 Å². The fraction of sp³-hybridized carbons (Fsp3) is 0.333. The van der Waals surface area contributed by atoms with Crippen molar-refractivity contribution in [3.05, 3.63) is 47.6 Å². The van der Waals surface area contributed by atoms with Crippen molar-refractivity contribution in [2.45, 2.75) is 19.8 Å². The topological polar surface area (TPSA) is 83.1 Å². The molecule has 0 saturated heterocycles. The first-order chi connectivity index (χ1) is 13.0. The van der Waals surface area contributed by atoms with Gasteiger partial charge in [-0.05, 0) is 37.1 Å². The molecule has 0 heterocycles. The molecule has 0 unspecified atom stereocenters. The molecule has 0 spiro atoms. The van der Waals surface area contributed by atoms with E-state index in [1.165, 1.54) is 0 Å². The third-order valence-corrected chi connectivity index (χ3v) is 3.60. The van der Waals surface area contributed by atoms with Crippen LogP contribution in [0.25, 0.3) is 6.08 Å². The summed E-state index contributed by atoms with van der Waals surface area (Å²) >= 11 is 0. The Morgan fingerprint density at radius 3 is 2.33 bits per heavy atom. The van der Waals surface area contributed by atoms with Crippen molar-refractivity contribution in [2.75, 3.05) is 27.9 Å². The highest BCUT2D eigenvalue weighted by Crippen LogP contribution is 2.38. The van der Waals surface area contributed by atoms with E-state index < -0.39 is 0 Å². The maximum absolute atomic E-state index is 10.6. The molecule has 0 atom stereocenters. The molecule has 0 bridgehead atoms. The van der Waals surface area contributed by atoms with Gasteiger partial charge in [-0.3, -0.25) is 9.79 Å². The number of carbonyl (C=O) groups excluding carboxylic acids is 1. The van der Waals surface area contributed by atoms with Crippen molar-refractivity contribution >= 4 is 18.2 Å². The molecule has 0 saturated carbocycles. The van der Waals surface area contributed by atoms with Gasteiger partial charge in [-0.2, -0.15) is 0 Å². The van der Waals surface area contributed by atoms with Gasteiger partial charge in [0.1, 0.15) is 0 Å². The second-order valence-corrected chi connectivity index (χ2v) is 5.71.